The zero-order valence-electron chi connectivity index (χ0n) is 7.60. The second kappa shape index (κ2) is 4.02. The molecular weight excluding hydrogens is 195 g/mol. The van der Waals surface area contributed by atoms with Gasteiger partial charge in [-0.15, -0.1) is 0 Å². The molecule has 0 bridgehead atoms. The molecule has 2 unspecified atom stereocenters. The number of rotatable bonds is 2. The van der Waals surface area contributed by atoms with E-state index < -0.39 is 30.5 Å². The summed E-state index contributed by atoms with van der Waals surface area (Å²) < 4.78 is 38.5. The van der Waals surface area contributed by atoms with E-state index in [9.17, 15) is 18.0 Å². The summed E-state index contributed by atoms with van der Waals surface area (Å²) in [4.78, 5) is 10.8. The van der Waals surface area contributed by atoms with E-state index in [0.717, 1.165) is 6.08 Å². The van der Waals surface area contributed by atoms with Gasteiger partial charge in [0.2, 0.25) is 5.91 Å². The zero-order valence-corrected chi connectivity index (χ0v) is 7.60. The van der Waals surface area contributed by atoms with Gasteiger partial charge >= 0.3 is 0 Å². The van der Waals surface area contributed by atoms with Gasteiger partial charge in [0.05, 0.1) is 6.04 Å². The van der Waals surface area contributed by atoms with Crippen LogP contribution in [-0.4, -0.2) is 24.0 Å². The van der Waals surface area contributed by atoms with Crippen molar-refractivity contribution in [2.75, 3.05) is 0 Å². The minimum atomic E-state index is -2.94. The lowest BCUT2D eigenvalue weighted by molar-refractivity contribution is -0.120. The molecule has 0 radical (unpaired) electrons. The minimum absolute atomic E-state index is 0.0340. The Hall–Kier alpha value is -1.00. The molecule has 0 aromatic rings. The van der Waals surface area contributed by atoms with Crippen LogP contribution in [0.2, 0.25) is 0 Å². The monoisotopic (exact) mass is 207 g/mol. The molecule has 0 aromatic carbocycles. The molecular formula is C9H12F3NO. The number of alkyl halides is 3. The Balaban J connectivity index is 2.50. The highest BCUT2D eigenvalue weighted by Crippen LogP contribution is 2.34. The molecule has 1 rings (SSSR count). The Morgan fingerprint density at radius 3 is 2.71 bits per heavy atom. The van der Waals surface area contributed by atoms with Crippen LogP contribution in [0.15, 0.2) is 12.7 Å². The molecule has 1 saturated carbocycles. The third-order valence-corrected chi connectivity index (χ3v) is 2.26. The van der Waals surface area contributed by atoms with Gasteiger partial charge in [0.1, 0.15) is 6.17 Å². The maximum Gasteiger partial charge on any atom is 0.251 e. The lowest BCUT2D eigenvalue weighted by Crippen LogP contribution is -2.47. The van der Waals surface area contributed by atoms with Gasteiger partial charge in [0.15, 0.2) is 0 Å². The van der Waals surface area contributed by atoms with Crippen LogP contribution in [-0.2, 0) is 4.79 Å². The van der Waals surface area contributed by atoms with Crippen molar-refractivity contribution >= 4 is 5.91 Å². The standard InChI is InChI=1S/C9H12F3NO/c1-2-8(14)13-7-3-4-9(11,12)5-6(7)10/h2,6-7H,1,3-5H2,(H,13,14). The SMILES string of the molecule is C=CC(=O)NC1CCC(F)(F)CC1F. The summed E-state index contributed by atoms with van der Waals surface area (Å²) in [7, 11) is 0. The number of hydrogen-bond donors (Lipinski definition) is 1. The molecule has 1 fully saturated rings. The number of carbonyl (C=O) groups is 1. The van der Waals surface area contributed by atoms with Crippen molar-refractivity contribution in [3.8, 4) is 0 Å². The molecule has 80 valence electrons. The quantitative estimate of drug-likeness (QED) is 0.687. The third-order valence-electron chi connectivity index (χ3n) is 2.26. The maximum absolute atomic E-state index is 13.1. The highest BCUT2D eigenvalue weighted by Gasteiger charge is 2.42. The van der Waals surface area contributed by atoms with Crippen LogP contribution in [0, 0.1) is 0 Å². The number of hydrogen-bond acceptors (Lipinski definition) is 1. The first-order chi connectivity index (χ1) is 6.44. The Bertz CT molecular complexity index is 242. The van der Waals surface area contributed by atoms with Crippen LogP contribution in [0.1, 0.15) is 19.3 Å². The molecule has 0 aromatic heterocycles. The normalized spacial score (nSPS) is 30.8. The molecule has 1 amide bonds. The number of amides is 1. The summed E-state index contributed by atoms with van der Waals surface area (Å²) in [6.07, 6.45) is -1.90. The van der Waals surface area contributed by atoms with Crippen molar-refractivity contribution in [1.29, 1.82) is 0 Å². The van der Waals surface area contributed by atoms with Crippen molar-refractivity contribution in [1.82, 2.24) is 5.32 Å². The summed E-state index contributed by atoms with van der Waals surface area (Å²) in [6.45, 7) is 3.20. The molecule has 0 aliphatic heterocycles. The fraction of sp³-hybridized carbons (Fsp3) is 0.667. The lowest BCUT2D eigenvalue weighted by atomic mass is 9.90. The van der Waals surface area contributed by atoms with E-state index in [0.29, 0.717) is 0 Å². The summed E-state index contributed by atoms with van der Waals surface area (Å²) in [5.74, 6) is -3.46. The maximum atomic E-state index is 13.1. The highest BCUT2D eigenvalue weighted by molar-refractivity contribution is 5.87. The Labute approximate surface area is 80.2 Å². The average Bonchev–Trinajstić information content (AvgIpc) is 2.09. The summed E-state index contributed by atoms with van der Waals surface area (Å²) in [6, 6.07) is -0.805. The van der Waals surface area contributed by atoms with Crippen LogP contribution in [0.4, 0.5) is 13.2 Å². The van der Waals surface area contributed by atoms with Gasteiger partial charge in [-0.1, -0.05) is 6.58 Å². The molecule has 5 heteroatoms. The Morgan fingerprint density at radius 2 is 2.21 bits per heavy atom. The predicted molar refractivity (Wildman–Crippen MR) is 45.8 cm³/mol. The first kappa shape index (κ1) is 11.1. The van der Waals surface area contributed by atoms with E-state index >= 15 is 0 Å². The van der Waals surface area contributed by atoms with Gasteiger partial charge < -0.3 is 5.32 Å². The second-order valence-electron chi connectivity index (χ2n) is 3.43. The topological polar surface area (TPSA) is 29.1 Å². The van der Waals surface area contributed by atoms with Crippen molar-refractivity contribution in [2.24, 2.45) is 0 Å². The van der Waals surface area contributed by atoms with Crippen molar-refractivity contribution < 1.29 is 18.0 Å². The van der Waals surface area contributed by atoms with E-state index in [1.165, 1.54) is 0 Å². The third kappa shape index (κ3) is 2.75. The smallest absolute Gasteiger partial charge is 0.251 e. The molecule has 0 saturated heterocycles. The van der Waals surface area contributed by atoms with Crippen LogP contribution in [0.5, 0.6) is 0 Å². The largest absolute Gasteiger partial charge is 0.347 e. The molecule has 2 nitrogen and oxygen atoms in total. The van der Waals surface area contributed by atoms with Crippen LogP contribution >= 0.6 is 0 Å². The number of carbonyl (C=O) groups excluding carboxylic acids is 1. The predicted octanol–water partition coefficient (Wildman–Crippen LogP) is 1.81. The first-order valence-corrected chi connectivity index (χ1v) is 4.39. The van der Waals surface area contributed by atoms with Gasteiger partial charge in [0.25, 0.3) is 5.92 Å². The van der Waals surface area contributed by atoms with Crippen LogP contribution in [0.25, 0.3) is 0 Å². The average molecular weight is 207 g/mol. The van der Waals surface area contributed by atoms with Gasteiger partial charge in [-0.2, -0.15) is 0 Å². The molecule has 14 heavy (non-hydrogen) atoms. The van der Waals surface area contributed by atoms with Crippen molar-refractivity contribution in [2.45, 2.75) is 37.4 Å². The van der Waals surface area contributed by atoms with E-state index in [1.807, 2.05) is 0 Å². The second-order valence-corrected chi connectivity index (χ2v) is 3.43. The fourth-order valence-corrected chi connectivity index (χ4v) is 1.48. The molecule has 1 aliphatic carbocycles. The van der Waals surface area contributed by atoms with Gasteiger partial charge in [-0.3, -0.25) is 4.79 Å². The minimum Gasteiger partial charge on any atom is -0.347 e. The Kier molecular flexibility index (Phi) is 3.18. The lowest BCUT2D eigenvalue weighted by Gasteiger charge is -2.31. The summed E-state index contributed by atoms with van der Waals surface area (Å²) >= 11 is 0. The first-order valence-electron chi connectivity index (χ1n) is 4.39. The number of nitrogens with one attached hydrogen (secondary N) is 1. The van der Waals surface area contributed by atoms with Crippen LogP contribution in [0.3, 0.4) is 0 Å². The van der Waals surface area contributed by atoms with E-state index in [-0.39, 0.29) is 12.8 Å². The van der Waals surface area contributed by atoms with Crippen molar-refractivity contribution in [3.05, 3.63) is 12.7 Å². The highest BCUT2D eigenvalue weighted by atomic mass is 19.3. The molecule has 1 aliphatic rings. The van der Waals surface area contributed by atoms with Crippen molar-refractivity contribution in [3.63, 3.8) is 0 Å². The van der Waals surface area contributed by atoms with Gasteiger partial charge in [-0.25, -0.2) is 13.2 Å². The zero-order chi connectivity index (χ0) is 10.8. The van der Waals surface area contributed by atoms with E-state index in [4.69, 9.17) is 0 Å². The number of halogens is 3. The van der Waals surface area contributed by atoms with E-state index in [1.54, 1.807) is 0 Å². The van der Waals surface area contributed by atoms with Crippen LogP contribution < -0.4 is 5.32 Å². The fourth-order valence-electron chi connectivity index (χ4n) is 1.48. The van der Waals surface area contributed by atoms with Gasteiger partial charge in [-0.05, 0) is 12.5 Å². The van der Waals surface area contributed by atoms with Gasteiger partial charge in [0, 0.05) is 12.8 Å². The summed E-state index contributed by atoms with van der Waals surface area (Å²) in [5, 5.41) is 2.29. The van der Waals surface area contributed by atoms with E-state index in [2.05, 4.69) is 11.9 Å². The molecule has 0 spiro atoms. The Morgan fingerprint density at radius 1 is 1.57 bits per heavy atom. The summed E-state index contributed by atoms with van der Waals surface area (Å²) in [5.41, 5.74) is 0. The molecule has 1 N–H and O–H groups in total. The molecule has 0 heterocycles. The molecule has 2 atom stereocenters.